The lowest BCUT2D eigenvalue weighted by Crippen LogP contribution is -2.38. The summed E-state index contributed by atoms with van der Waals surface area (Å²) in [6, 6.07) is 5.68. The maximum absolute atomic E-state index is 13.1. The molecule has 0 saturated carbocycles. The van der Waals surface area contributed by atoms with E-state index in [2.05, 4.69) is 39.1 Å². The maximum Gasteiger partial charge on any atom is 0.433 e. The van der Waals surface area contributed by atoms with Gasteiger partial charge in [-0.1, -0.05) is 13.8 Å². The number of carbonyl (C=O) groups excluding carboxylic acids is 1. The van der Waals surface area contributed by atoms with Gasteiger partial charge in [-0.25, -0.2) is 9.78 Å². The summed E-state index contributed by atoms with van der Waals surface area (Å²) in [6.07, 6.45) is -0.216. The second kappa shape index (κ2) is 9.71. The number of amides is 2. The number of hydrogen-bond donors (Lipinski definition) is 1. The van der Waals surface area contributed by atoms with Gasteiger partial charge in [0.25, 0.3) is 0 Å². The van der Waals surface area contributed by atoms with Gasteiger partial charge >= 0.3 is 12.2 Å². The molecule has 0 radical (unpaired) electrons. The summed E-state index contributed by atoms with van der Waals surface area (Å²) in [6.45, 7) is 8.47. The maximum atomic E-state index is 13.1. The first-order chi connectivity index (χ1) is 17.0. The highest BCUT2D eigenvalue weighted by atomic mass is 19.4. The number of aromatic nitrogens is 4. The topological polar surface area (TPSA) is 87.1 Å². The molecule has 0 unspecified atom stereocenters. The minimum absolute atomic E-state index is 0.00517. The van der Waals surface area contributed by atoms with Crippen molar-refractivity contribution in [2.45, 2.75) is 46.0 Å². The van der Waals surface area contributed by atoms with E-state index in [0.29, 0.717) is 35.1 Å². The van der Waals surface area contributed by atoms with Crippen LogP contribution in [0.5, 0.6) is 0 Å². The Hall–Kier alpha value is -3.76. The molecule has 11 heteroatoms. The second-order valence-corrected chi connectivity index (χ2v) is 9.30. The number of nitrogens with zero attached hydrogens (tertiary/aromatic N) is 6. The smallest absolute Gasteiger partial charge is 0.346 e. The van der Waals surface area contributed by atoms with E-state index in [0.717, 1.165) is 17.8 Å². The van der Waals surface area contributed by atoms with Crippen molar-refractivity contribution >= 4 is 17.8 Å². The van der Waals surface area contributed by atoms with Gasteiger partial charge in [0.1, 0.15) is 11.5 Å². The molecular formula is C25H28F3N7O. The minimum atomic E-state index is -4.52. The van der Waals surface area contributed by atoms with Crippen LogP contribution >= 0.6 is 0 Å². The monoisotopic (exact) mass is 499 g/mol. The van der Waals surface area contributed by atoms with E-state index < -0.39 is 11.9 Å². The first-order valence-electron chi connectivity index (χ1n) is 11.6. The van der Waals surface area contributed by atoms with Gasteiger partial charge in [-0.05, 0) is 55.2 Å². The molecular weight excluding hydrogens is 471 g/mol. The Bertz CT molecular complexity index is 1260. The highest BCUT2D eigenvalue weighted by molar-refractivity contribution is 5.94. The number of pyridine rings is 2. The fourth-order valence-electron chi connectivity index (χ4n) is 4.23. The summed E-state index contributed by atoms with van der Waals surface area (Å²) in [7, 11) is 1.77. The van der Waals surface area contributed by atoms with Gasteiger partial charge in [-0.15, -0.1) is 0 Å². The van der Waals surface area contributed by atoms with Gasteiger partial charge in [-0.2, -0.15) is 18.2 Å². The van der Waals surface area contributed by atoms with Crippen LogP contribution in [0.1, 0.15) is 43.8 Å². The predicted octanol–water partition coefficient (Wildman–Crippen LogP) is 5.33. The number of hydrogen-bond acceptors (Lipinski definition) is 6. The number of alkyl halides is 3. The quantitative estimate of drug-likeness (QED) is 0.493. The van der Waals surface area contributed by atoms with E-state index in [1.54, 1.807) is 35.3 Å². The third kappa shape index (κ3) is 5.09. The van der Waals surface area contributed by atoms with Crippen molar-refractivity contribution in [2.24, 2.45) is 5.92 Å². The van der Waals surface area contributed by atoms with Crippen molar-refractivity contribution in [3.8, 4) is 11.1 Å². The molecule has 2 atom stereocenters. The van der Waals surface area contributed by atoms with Gasteiger partial charge in [0.05, 0.1) is 17.8 Å². The summed E-state index contributed by atoms with van der Waals surface area (Å²) in [4.78, 5) is 32.9. The van der Waals surface area contributed by atoms with Crippen molar-refractivity contribution < 1.29 is 18.0 Å². The first kappa shape index (κ1) is 25.3. The summed E-state index contributed by atoms with van der Waals surface area (Å²) >= 11 is 0. The Labute approximate surface area is 207 Å². The zero-order valence-electron chi connectivity index (χ0n) is 20.7. The van der Waals surface area contributed by atoms with Crippen LogP contribution in [0.2, 0.25) is 0 Å². The first-order valence-corrected chi connectivity index (χ1v) is 11.6. The molecule has 1 aliphatic rings. The van der Waals surface area contributed by atoms with E-state index in [1.807, 2.05) is 19.9 Å². The standard InChI is InChI=1S/C25H28F3N7O/c1-14(2)20-13-34(5)24(36)35(20)22-7-9-30-23(33-22)32-16(4)19-10-15(3)18(12-31-19)17-6-8-29-21(11-17)25(26,27)28/h6-12,14,16,20H,13H2,1-5H3,(H,30,32,33)/t16-,20+/m0/s1. The van der Waals surface area contributed by atoms with Crippen LogP contribution in [0.4, 0.5) is 29.7 Å². The third-order valence-electron chi connectivity index (χ3n) is 6.27. The highest BCUT2D eigenvalue weighted by Crippen LogP contribution is 2.32. The minimum Gasteiger partial charge on any atom is -0.346 e. The second-order valence-electron chi connectivity index (χ2n) is 9.30. The number of aryl methyl sites for hydroxylation is 1. The molecule has 3 aromatic heterocycles. The predicted molar refractivity (Wildman–Crippen MR) is 130 cm³/mol. The van der Waals surface area contributed by atoms with Crippen LogP contribution in [-0.4, -0.2) is 50.5 Å². The van der Waals surface area contributed by atoms with Crippen molar-refractivity contribution in [3.63, 3.8) is 0 Å². The molecule has 0 bridgehead atoms. The molecule has 1 fully saturated rings. The summed E-state index contributed by atoms with van der Waals surface area (Å²) in [5.41, 5.74) is 1.48. The third-order valence-corrected chi connectivity index (χ3v) is 6.27. The Morgan fingerprint density at radius 1 is 1.08 bits per heavy atom. The number of nitrogens with one attached hydrogen (secondary N) is 1. The van der Waals surface area contributed by atoms with E-state index in [9.17, 15) is 18.0 Å². The molecule has 190 valence electrons. The highest BCUT2D eigenvalue weighted by Gasteiger charge is 2.38. The molecule has 0 aliphatic carbocycles. The van der Waals surface area contributed by atoms with Gasteiger partial charge in [0.15, 0.2) is 0 Å². The van der Waals surface area contributed by atoms with Crippen LogP contribution in [0, 0.1) is 12.8 Å². The van der Waals surface area contributed by atoms with E-state index in [-0.39, 0.29) is 24.0 Å². The van der Waals surface area contributed by atoms with Crippen LogP contribution in [0.25, 0.3) is 11.1 Å². The van der Waals surface area contributed by atoms with Gasteiger partial charge in [0.2, 0.25) is 5.95 Å². The van der Waals surface area contributed by atoms with Gasteiger partial charge in [0, 0.05) is 37.7 Å². The van der Waals surface area contributed by atoms with E-state index >= 15 is 0 Å². The summed E-state index contributed by atoms with van der Waals surface area (Å²) in [5.74, 6) is 1.12. The van der Waals surface area contributed by atoms with Gasteiger partial charge in [-0.3, -0.25) is 14.9 Å². The van der Waals surface area contributed by atoms with E-state index in [1.165, 1.54) is 6.07 Å². The fourth-order valence-corrected chi connectivity index (χ4v) is 4.23. The molecule has 3 aromatic rings. The number of carbonyl (C=O) groups is 1. The van der Waals surface area contributed by atoms with Gasteiger partial charge < -0.3 is 10.2 Å². The molecule has 4 rings (SSSR count). The average molecular weight is 500 g/mol. The van der Waals surface area contributed by atoms with Crippen molar-refractivity contribution in [3.05, 3.63) is 59.8 Å². The molecule has 36 heavy (non-hydrogen) atoms. The number of likely N-dealkylation sites (N-methyl/N-ethyl adjacent to an activating group) is 1. The lowest BCUT2D eigenvalue weighted by molar-refractivity contribution is -0.141. The molecule has 0 aromatic carbocycles. The number of anilines is 2. The van der Waals surface area contributed by atoms with Crippen LogP contribution in [0.3, 0.4) is 0 Å². The zero-order valence-corrected chi connectivity index (χ0v) is 20.7. The normalized spacial score (nSPS) is 17.1. The molecule has 1 aliphatic heterocycles. The number of halogens is 3. The summed E-state index contributed by atoms with van der Waals surface area (Å²) in [5, 5.41) is 3.21. The molecule has 8 nitrogen and oxygen atoms in total. The lowest BCUT2D eigenvalue weighted by atomic mass is 10.0. The molecule has 4 heterocycles. The Balaban J connectivity index is 1.54. The van der Waals surface area contributed by atoms with Crippen molar-refractivity contribution in [2.75, 3.05) is 23.8 Å². The number of urea groups is 1. The number of rotatable bonds is 6. The average Bonchev–Trinajstić information content (AvgIpc) is 3.13. The van der Waals surface area contributed by atoms with E-state index in [4.69, 9.17) is 0 Å². The Morgan fingerprint density at radius 3 is 2.47 bits per heavy atom. The molecule has 2 amide bonds. The van der Waals surface area contributed by atoms with Crippen LogP contribution in [0.15, 0.2) is 42.9 Å². The van der Waals surface area contributed by atoms with Crippen molar-refractivity contribution in [1.29, 1.82) is 0 Å². The Kier molecular flexibility index (Phi) is 6.83. The lowest BCUT2D eigenvalue weighted by Gasteiger charge is -2.25. The fraction of sp³-hybridized carbons (Fsp3) is 0.400. The molecule has 0 spiro atoms. The zero-order chi connectivity index (χ0) is 26.2. The largest absolute Gasteiger partial charge is 0.433 e. The van der Waals surface area contributed by atoms with Crippen LogP contribution < -0.4 is 10.2 Å². The SMILES string of the molecule is Cc1cc([C@H](C)Nc2nccc(N3C(=O)N(C)C[C@@H]3C(C)C)n2)ncc1-c1ccnc(C(F)(F)F)c1. The van der Waals surface area contributed by atoms with Crippen LogP contribution in [-0.2, 0) is 6.18 Å². The molecule has 1 N–H and O–H groups in total. The summed E-state index contributed by atoms with van der Waals surface area (Å²) < 4.78 is 39.2. The Morgan fingerprint density at radius 2 is 1.81 bits per heavy atom. The van der Waals surface area contributed by atoms with Crippen molar-refractivity contribution in [1.82, 2.24) is 24.8 Å². The molecule has 1 saturated heterocycles.